The fraction of sp³-hybridized carbons (Fsp3) is 0.304. The number of nitrogens with zero attached hydrogens (tertiary/aromatic N) is 3. The number of ether oxygens (including phenoxy) is 3. The molecule has 7 nitrogen and oxygen atoms in total. The van der Waals surface area contributed by atoms with Crippen molar-refractivity contribution < 1.29 is 50.1 Å². The summed E-state index contributed by atoms with van der Waals surface area (Å²) in [6.07, 6.45) is -15.5. The van der Waals surface area contributed by atoms with Gasteiger partial charge in [0, 0.05) is 24.9 Å². The lowest BCUT2D eigenvalue weighted by atomic mass is 10.2. The van der Waals surface area contributed by atoms with Crippen LogP contribution in [0.15, 0.2) is 60.8 Å². The standard InChI is InChI=1S/C23H20F7N3O4/c1-35-15-5-3-6-16(11-15)36-19-8-9-31-21(32-19)33(13-18(34)22(26,27)28)12-14-4-2-7-17(10-14)37-23(29,30)20(24)25/h2-11,18,20,34H,12-13H2,1H3/t18-/m1/s1. The van der Waals surface area contributed by atoms with Gasteiger partial charge in [-0.2, -0.15) is 35.7 Å². The number of rotatable bonds is 11. The van der Waals surface area contributed by atoms with Gasteiger partial charge in [0.1, 0.15) is 17.2 Å². The molecule has 0 radical (unpaired) electrons. The Morgan fingerprint density at radius 2 is 1.62 bits per heavy atom. The lowest BCUT2D eigenvalue weighted by Gasteiger charge is -2.27. The van der Waals surface area contributed by atoms with E-state index < -0.39 is 43.7 Å². The molecule has 0 aliphatic carbocycles. The van der Waals surface area contributed by atoms with Crippen molar-refractivity contribution in [3.05, 3.63) is 66.4 Å². The molecule has 200 valence electrons. The first-order chi connectivity index (χ1) is 17.4. The van der Waals surface area contributed by atoms with Crippen molar-refractivity contribution in [2.45, 2.75) is 31.4 Å². The molecular formula is C23H20F7N3O4. The first-order valence-electron chi connectivity index (χ1n) is 10.5. The number of aliphatic hydroxyl groups is 1. The predicted molar refractivity (Wildman–Crippen MR) is 116 cm³/mol. The molecule has 0 spiro atoms. The Balaban J connectivity index is 1.88. The molecule has 1 aromatic heterocycles. The van der Waals surface area contributed by atoms with E-state index in [1.165, 1.54) is 37.6 Å². The van der Waals surface area contributed by atoms with Gasteiger partial charge >= 0.3 is 18.7 Å². The lowest BCUT2D eigenvalue weighted by Crippen LogP contribution is -2.41. The first-order valence-corrected chi connectivity index (χ1v) is 10.5. The normalized spacial score (nSPS) is 12.8. The molecule has 0 fully saturated rings. The van der Waals surface area contributed by atoms with E-state index in [9.17, 15) is 35.8 Å². The predicted octanol–water partition coefficient (Wildman–Crippen LogP) is 5.44. The first kappa shape index (κ1) is 27.8. The summed E-state index contributed by atoms with van der Waals surface area (Å²) in [5.74, 6) is -0.224. The Morgan fingerprint density at radius 3 is 2.30 bits per heavy atom. The number of hydrogen-bond donors (Lipinski definition) is 1. The van der Waals surface area contributed by atoms with Gasteiger partial charge in [-0.1, -0.05) is 18.2 Å². The maximum atomic E-state index is 13.3. The van der Waals surface area contributed by atoms with Crippen molar-refractivity contribution >= 4 is 5.95 Å². The highest BCUT2D eigenvalue weighted by molar-refractivity contribution is 5.39. The minimum absolute atomic E-state index is 0.0570. The fourth-order valence-corrected chi connectivity index (χ4v) is 2.99. The number of anilines is 1. The van der Waals surface area contributed by atoms with Gasteiger partial charge in [0.25, 0.3) is 0 Å². The zero-order valence-electron chi connectivity index (χ0n) is 19.0. The monoisotopic (exact) mass is 535 g/mol. The van der Waals surface area contributed by atoms with E-state index in [1.807, 2.05) is 0 Å². The highest BCUT2D eigenvalue weighted by Crippen LogP contribution is 2.30. The van der Waals surface area contributed by atoms with Gasteiger partial charge in [-0.3, -0.25) is 0 Å². The lowest BCUT2D eigenvalue weighted by molar-refractivity contribution is -0.253. The molecule has 1 heterocycles. The van der Waals surface area contributed by atoms with Crippen LogP contribution in [0, 0.1) is 0 Å². The van der Waals surface area contributed by atoms with Crippen LogP contribution in [0.1, 0.15) is 5.56 Å². The van der Waals surface area contributed by atoms with Gasteiger partial charge < -0.3 is 24.2 Å². The van der Waals surface area contributed by atoms with E-state index in [0.29, 0.717) is 11.5 Å². The molecule has 0 bridgehead atoms. The van der Waals surface area contributed by atoms with Crippen LogP contribution in [-0.4, -0.2) is 53.5 Å². The van der Waals surface area contributed by atoms with Crippen molar-refractivity contribution in [2.75, 3.05) is 18.6 Å². The molecule has 0 saturated carbocycles. The number of methoxy groups -OCH3 is 1. The van der Waals surface area contributed by atoms with Crippen molar-refractivity contribution in [1.82, 2.24) is 9.97 Å². The van der Waals surface area contributed by atoms with Crippen LogP contribution in [-0.2, 0) is 6.54 Å². The minimum Gasteiger partial charge on any atom is -0.497 e. The molecule has 0 aliphatic heterocycles. The third-order valence-electron chi connectivity index (χ3n) is 4.71. The summed E-state index contributed by atoms with van der Waals surface area (Å²) in [5.41, 5.74) is 0.0830. The number of benzene rings is 2. The molecule has 1 atom stereocenters. The Hall–Kier alpha value is -3.81. The molecule has 0 unspecified atom stereocenters. The summed E-state index contributed by atoms with van der Waals surface area (Å²) >= 11 is 0. The van der Waals surface area contributed by atoms with Crippen LogP contribution in [0.3, 0.4) is 0 Å². The van der Waals surface area contributed by atoms with Crippen LogP contribution in [0.4, 0.5) is 36.7 Å². The molecule has 3 aromatic rings. The molecule has 1 N–H and O–H groups in total. The van der Waals surface area contributed by atoms with Crippen LogP contribution < -0.4 is 19.1 Å². The second-order valence-corrected chi connectivity index (χ2v) is 7.53. The largest absolute Gasteiger partial charge is 0.497 e. The summed E-state index contributed by atoms with van der Waals surface area (Å²) in [7, 11) is 1.44. The molecular weight excluding hydrogens is 515 g/mol. The molecule has 0 saturated heterocycles. The van der Waals surface area contributed by atoms with Crippen molar-refractivity contribution in [3.63, 3.8) is 0 Å². The number of aliphatic hydroxyl groups excluding tert-OH is 1. The van der Waals surface area contributed by atoms with Gasteiger partial charge in [-0.15, -0.1) is 0 Å². The molecule has 37 heavy (non-hydrogen) atoms. The van der Waals surface area contributed by atoms with Gasteiger partial charge in [0.05, 0.1) is 13.7 Å². The molecule has 3 rings (SSSR count). The second kappa shape index (κ2) is 11.5. The topological polar surface area (TPSA) is 76.9 Å². The number of aromatic nitrogens is 2. The summed E-state index contributed by atoms with van der Waals surface area (Å²) in [6, 6.07) is 12.2. The van der Waals surface area contributed by atoms with E-state index in [-0.39, 0.29) is 17.4 Å². The maximum absolute atomic E-state index is 13.3. The molecule has 14 heteroatoms. The van der Waals surface area contributed by atoms with Crippen LogP contribution in [0.2, 0.25) is 0 Å². The highest BCUT2D eigenvalue weighted by atomic mass is 19.4. The van der Waals surface area contributed by atoms with Gasteiger partial charge in [-0.25, -0.2) is 4.98 Å². The van der Waals surface area contributed by atoms with Gasteiger partial charge in [0.15, 0.2) is 6.10 Å². The Morgan fingerprint density at radius 1 is 0.946 bits per heavy atom. The van der Waals surface area contributed by atoms with Gasteiger partial charge in [0.2, 0.25) is 11.8 Å². The fourth-order valence-electron chi connectivity index (χ4n) is 2.99. The summed E-state index contributed by atoms with van der Waals surface area (Å²) in [4.78, 5) is 8.93. The second-order valence-electron chi connectivity index (χ2n) is 7.53. The summed E-state index contributed by atoms with van der Waals surface area (Å²) < 4.78 is 106. The summed E-state index contributed by atoms with van der Waals surface area (Å²) in [6.45, 7) is -1.47. The van der Waals surface area contributed by atoms with Crippen LogP contribution >= 0.6 is 0 Å². The summed E-state index contributed by atoms with van der Waals surface area (Å²) in [5, 5.41) is 9.65. The number of halogens is 7. The van der Waals surface area contributed by atoms with Crippen LogP contribution in [0.25, 0.3) is 0 Å². The SMILES string of the molecule is COc1cccc(Oc2ccnc(N(Cc3cccc(OC(F)(F)C(F)F)c3)C[C@@H](O)C(F)(F)F)n2)c1. The number of hydrogen-bond acceptors (Lipinski definition) is 7. The smallest absolute Gasteiger partial charge is 0.461 e. The minimum atomic E-state index is -4.99. The Bertz CT molecular complexity index is 1180. The van der Waals surface area contributed by atoms with Crippen molar-refractivity contribution in [3.8, 4) is 23.1 Å². The Kier molecular flexibility index (Phi) is 8.63. The average Bonchev–Trinajstić information content (AvgIpc) is 2.83. The van der Waals surface area contributed by atoms with Crippen molar-refractivity contribution in [1.29, 1.82) is 0 Å². The third-order valence-corrected chi connectivity index (χ3v) is 4.71. The zero-order valence-corrected chi connectivity index (χ0v) is 19.0. The number of alkyl halides is 7. The average molecular weight is 535 g/mol. The Labute approximate surface area is 206 Å². The van der Waals surface area contributed by atoms with E-state index >= 15 is 0 Å². The van der Waals surface area contributed by atoms with Gasteiger partial charge in [-0.05, 0) is 29.8 Å². The zero-order chi connectivity index (χ0) is 27.2. The third kappa shape index (κ3) is 7.84. The molecule has 2 aromatic carbocycles. The van der Waals surface area contributed by atoms with Crippen molar-refractivity contribution in [2.24, 2.45) is 0 Å². The van der Waals surface area contributed by atoms with Crippen LogP contribution in [0.5, 0.6) is 23.1 Å². The maximum Gasteiger partial charge on any atom is 0.461 e. The molecule has 0 amide bonds. The van der Waals surface area contributed by atoms with E-state index in [0.717, 1.165) is 17.0 Å². The molecule has 0 aliphatic rings. The van der Waals surface area contributed by atoms with E-state index in [1.54, 1.807) is 18.2 Å². The quantitative estimate of drug-likeness (QED) is 0.328. The van der Waals surface area contributed by atoms with E-state index in [4.69, 9.17) is 9.47 Å². The van der Waals surface area contributed by atoms with E-state index in [2.05, 4.69) is 14.7 Å². The highest BCUT2D eigenvalue weighted by Gasteiger charge is 2.44.